The van der Waals surface area contributed by atoms with Crippen molar-refractivity contribution in [1.82, 2.24) is 0 Å². The van der Waals surface area contributed by atoms with Crippen molar-refractivity contribution in [2.75, 3.05) is 19.0 Å². The summed E-state index contributed by atoms with van der Waals surface area (Å²) in [7, 11) is 1.58. The predicted molar refractivity (Wildman–Crippen MR) is 84.9 cm³/mol. The molecule has 1 amide bonds. The molecule has 21 heavy (non-hydrogen) atoms. The summed E-state index contributed by atoms with van der Waals surface area (Å²) in [5.74, 6) is 0.960. The van der Waals surface area contributed by atoms with Crippen LogP contribution in [0.15, 0.2) is 18.2 Å². The first-order valence-electron chi connectivity index (χ1n) is 7.15. The van der Waals surface area contributed by atoms with Crippen LogP contribution in [-0.4, -0.2) is 25.3 Å². The highest BCUT2D eigenvalue weighted by Crippen LogP contribution is 2.30. The number of hydrogen-bond acceptors (Lipinski definition) is 4. The van der Waals surface area contributed by atoms with Gasteiger partial charge in [-0.2, -0.15) is 0 Å². The van der Waals surface area contributed by atoms with Gasteiger partial charge in [-0.1, -0.05) is 13.0 Å². The average Bonchev–Trinajstić information content (AvgIpc) is 2.37. The van der Waals surface area contributed by atoms with Gasteiger partial charge in [-0.15, -0.1) is 0 Å². The van der Waals surface area contributed by atoms with Crippen LogP contribution in [0.1, 0.15) is 45.6 Å². The maximum Gasteiger partial charge on any atom is 0.412 e. The molecule has 0 aromatic heterocycles. The Morgan fingerprint density at radius 1 is 1.38 bits per heavy atom. The predicted octanol–water partition coefficient (Wildman–Crippen LogP) is 3.49. The Kier molecular flexibility index (Phi) is 6.03. The van der Waals surface area contributed by atoms with Crippen LogP contribution in [0.2, 0.25) is 0 Å². The maximum absolute atomic E-state index is 11.8. The van der Waals surface area contributed by atoms with Crippen molar-refractivity contribution >= 4 is 11.8 Å². The summed E-state index contributed by atoms with van der Waals surface area (Å²) in [4.78, 5) is 11.8. The molecule has 0 aliphatic heterocycles. The zero-order chi connectivity index (χ0) is 16.0. The molecular formula is C16H26N2O3. The van der Waals surface area contributed by atoms with Crippen molar-refractivity contribution in [3.05, 3.63) is 23.8 Å². The summed E-state index contributed by atoms with van der Waals surface area (Å²) < 4.78 is 10.6. The first-order valence-corrected chi connectivity index (χ1v) is 7.15. The molecule has 1 aromatic carbocycles. The number of carbonyl (C=O) groups is 1. The first-order chi connectivity index (χ1) is 9.76. The molecule has 0 radical (unpaired) electrons. The van der Waals surface area contributed by atoms with E-state index in [-0.39, 0.29) is 0 Å². The molecule has 5 nitrogen and oxygen atoms in total. The van der Waals surface area contributed by atoms with Crippen molar-refractivity contribution in [3.8, 4) is 5.75 Å². The molecule has 0 aliphatic rings. The van der Waals surface area contributed by atoms with E-state index in [1.807, 2.05) is 39.0 Å². The van der Waals surface area contributed by atoms with E-state index in [0.29, 0.717) is 23.9 Å². The number of rotatable bonds is 5. The molecule has 0 bridgehead atoms. The van der Waals surface area contributed by atoms with Crippen molar-refractivity contribution in [1.29, 1.82) is 0 Å². The quantitative estimate of drug-likeness (QED) is 0.871. The topological polar surface area (TPSA) is 73.6 Å². The summed E-state index contributed by atoms with van der Waals surface area (Å²) in [6.07, 6.45) is 0.408. The van der Waals surface area contributed by atoms with Gasteiger partial charge >= 0.3 is 6.09 Å². The molecule has 3 N–H and O–H groups in total. The third-order valence-electron chi connectivity index (χ3n) is 3.03. The van der Waals surface area contributed by atoms with Crippen molar-refractivity contribution < 1.29 is 14.3 Å². The Balaban J connectivity index is 2.86. The van der Waals surface area contributed by atoms with Crippen LogP contribution in [0.4, 0.5) is 10.5 Å². The van der Waals surface area contributed by atoms with E-state index < -0.39 is 11.7 Å². The summed E-state index contributed by atoms with van der Waals surface area (Å²) in [5.41, 5.74) is 6.78. The number of ether oxygens (including phenoxy) is 2. The van der Waals surface area contributed by atoms with E-state index in [9.17, 15) is 4.79 Å². The van der Waals surface area contributed by atoms with Gasteiger partial charge in [-0.05, 0) is 57.4 Å². The molecule has 1 atom stereocenters. The lowest BCUT2D eigenvalue weighted by molar-refractivity contribution is 0.0635. The number of hydrogen-bond donors (Lipinski definition) is 2. The maximum atomic E-state index is 11.8. The largest absolute Gasteiger partial charge is 0.495 e. The minimum atomic E-state index is -0.535. The lowest BCUT2D eigenvalue weighted by Gasteiger charge is -2.21. The Morgan fingerprint density at radius 2 is 2.05 bits per heavy atom. The zero-order valence-electron chi connectivity index (χ0n) is 13.5. The minimum Gasteiger partial charge on any atom is -0.495 e. The Morgan fingerprint density at radius 3 is 2.57 bits per heavy atom. The fourth-order valence-electron chi connectivity index (χ4n) is 1.95. The highest BCUT2D eigenvalue weighted by atomic mass is 16.6. The normalized spacial score (nSPS) is 12.7. The molecule has 1 unspecified atom stereocenters. The SMILES string of the molecule is COc1cc(C(C)CCN)ccc1NC(=O)OC(C)(C)C. The van der Waals surface area contributed by atoms with E-state index >= 15 is 0 Å². The molecule has 1 aromatic rings. The number of nitrogens with one attached hydrogen (secondary N) is 1. The second-order valence-electron chi connectivity index (χ2n) is 6.07. The molecule has 0 heterocycles. The third kappa shape index (κ3) is 5.63. The smallest absolute Gasteiger partial charge is 0.412 e. The van der Waals surface area contributed by atoms with Crippen molar-refractivity contribution in [3.63, 3.8) is 0 Å². The van der Waals surface area contributed by atoms with Crippen LogP contribution in [0.25, 0.3) is 0 Å². The van der Waals surface area contributed by atoms with Crippen molar-refractivity contribution in [2.24, 2.45) is 5.73 Å². The summed E-state index contributed by atoms with van der Waals surface area (Å²) >= 11 is 0. The minimum absolute atomic E-state index is 0.347. The van der Waals surface area contributed by atoms with Gasteiger partial charge in [-0.3, -0.25) is 5.32 Å². The number of anilines is 1. The van der Waals surface area contributed by atoms with Crippen LogP contribution in [-0.2, 0) is 4.74 Å². The number of benzene rings is 1. The molecule has 0 saturated heterocycles. The fraction of sp³-hybridized carbons (Fsp3) is 0.562. The molecule has 118 valence electrons. The molecule has 0 spiro atoms. The standard InChI is InChI=1S/C16H26N2O3/c1-11(8-9-17)12-6-7-13(14(10-12)20-5)18-15(19)21-16(2,3)4/h6-7,10-11H,8-9,17H2,1-5H3,(H,18,19). The highest BCUT2D eigenvalue weighted by molar-refractivity contribution is 5.87. The molecule has 0 aliphatic carbocycles. The van der Waals surface area contributed by atoms with Gasteiger partial charge in [0.15, 0.2) is 0 Å². The van der Waals surface area contributed by atoms with Crippen LogP contribution < -0.4 is 15.8 Å². The van der Waals surface area contributed by atoms with E-state index in [1.54, 1.807) is 7.11 Å². The Labute approximate surface area is 126 Å². The van der Waals surface area contributed by atoms with Gasteiger partial charge in [0, 0.05) is 0 Å². The van der Waals surface area contributed by atoms with Gasteiger partial charge in [0.1, 0.15) is 11.4 Å². The Hall–Kier alpha value is -1.75. The van der Waals surface area contributed by atoms with Gasteiger partial charge < -0.3 is 15.2 Å². The highest BCUT2D eigenvalue weighted by Gasteiger charge is 2.18. The zero-order valence-corrected chi connectivity index (χ0v) is 13.5. The Bertz CT molecular complexity index is 481. The lowest BCUT2D eigenvalue weighted by atomic mass is 9.97. The monoisotopic (exact) mass is 294 g/mol. The summed E-state index contributed by atoms with van der Waals surface area (Å²) in [5, 5.41) is 2.71. The molecular weight excluding hydrogens is 268 g/mol. The number of amides is 1. The third-order valence-corrected chi connectivity index (χ3v) is 3.03. The van der Waals surface area contributed by atoms with Gasteiger partial charge in [0.25, 0.3) is 0 Å². The fourth-order valence-corrected chi connectivity index (χ4v) is 1.95. The number of nitrogens with two attached hydrogens (primary N) is 1. The van der Waals surface area contributed by atoms with Crippen LogP contribution in [0.3, 0.4) is 0 Å². The van der Waals surface area contributed by atoms with Gasteiger partial charge in [0.2, 0.25) is 0 Å². The van der Waals surface area contributed by atoms with Crippen LogP contribution >= 0.6 is 0 Å². The van der Waals surface area contributed by atoms with E-state index in [0.717, 1.165) is 12.0 Å². The summed E-state index contributed by atoms with van der Waals surface area (Å²) in [6, 6.07) is 5.72. The molecule has 0 fully saturated rings. The van der Waals surface area contributed by atoms with E-state index in [1.165, 1.54) is 0 Å². The summed E-state index contributed by atoms with van der Waals surface area (Å²) in [6.45, 7) is 8.22. The second kappa shape index (κ2) is 7.31. The van der Waals surface area contributed by atoms with E-state index in [2.05, 4.69) is 12.2 Å². The van der Waals surface area contributed by atoms with Crippen LogP contribution in [0.5, 0.6) is 5.75 Å². The first kappa shape index (κ1) is 17.3. The molecule has 1 rings (SSSR count). The average molecular weight is 294 g/mol. The second-order valence-corrected chi connectivity index (χ2v) is 6.07. The van der Waals surface area contributed by atoms with Gasteiger partial charge in [-0.25, -0.2) is 4.79 Å². The van der Waals surface area contributed by atoms with Crippen LogP contribution in [0, 0.1) is 0 Å². The molecule has 5 heteroatoms. The van der Waals surface area contributed by atoms with Crippen molar-refractivity contribution in [2.45, 2.75) is 45.6 Å². The number of methoxy groups -OCH3 is 1. The lowest BCUT2D eigenvalue weighted by Crippen LogP contribution is -2.27. The molecule has 0 saturated carbocycles. The number of carbonyl (C=O) groups excluding carboxylic acids is 1. The van der Waals surface area contributed by atoms with E-state index in [4.69, 9.17) is 15.2 Å². The van der Waals surface area contributed by atoms with Gasteiger partial charge in [0.05, 0.1) is 12.8 Å².